The van der Waals surface area contributed by atoms with E-state index in [-0.39, 0.29) is 6.10 Å². The minimum atomic E-state index is -3.43. The van der Waals surface area contributed by atoms with E-state index in [9.17, 15) is 13.2 Å². The number of sulfonamides is 1. The highest BCUT2D eigenvalue weighted by Crippen LogP contribution is 2.25. The Labute approximate surface area is 171 Å². The fraction of sp³-hybridized carbons (Fsp3) is 0.500. The van der Waals surface area contributed by atoms with Crippen molar-refractivity contribution in [2.45, 2.75) is 51.3 Å². The number of amides is 1. The first kappa shape index (κ1) is 21.3. The fourth-order valence-corrected chi connectivity index (χ4v) is 4.37. The number of ether oxygens (including phenoxy) is 1. The number of aromatic nitrogens is 1. The molecule has 2 heterocycles. The van der Waals surface area contributed by atoms with Gasteiger partial charge in [0.1, 0.15) is 6.26 Å². The molecule has 8 nitrogen and oxygen atoms in total. The Morgan fingerprint density at radius 3 is 2.72 bits per heavy atom. The molecule has 0 radical (unpaired) electrons. The third kappa shape index (κ3) is 5.80. The van der Waals surface area contributed by atoms with Crippen molar-refractivity contribution >= 4 is 16.1 Å². The predicted molar refractivity (Wildman–Crippen MR) is 109 cm³/mol. The number of hydrogen-bond donors (Lipinski definition) is 1. The van der Waals surface area contributed by atoms with Crippen molar-refractivity contribution in [3.63, 3.8) is 0 Å². The molecule has 0 bridgehead atoms. The maximum Gasteiger partial charge on any atom is 0.410 e. The number of hydrogen-bond acceptors (Lipinski definition) is 6. The largest absolute Gasteiger partial charge is 0.447 e. The number of piperidine rings is 1. The second-order valence-electron chi connectivity index (χ2n) is 7.55. The van der Waals surface area contributed by atoms with Crippen molar-refractivity contribution in [3.8, 4) is 11.5 Å². The van der Waals surface area contributed by atoms with Gasteiger partial charge in [-0.1, -0.05) is 18.2 Å². The molecule has 158 valence electrons. The van der Waals surface area contributed by atoms with Crippen LogP contribution in [0.4, 0.5) is 4.79 Å². The van der Waals surface area contributed by atoms with Gasteiger partial charge in [-0.25, -0.2) is 22.9 Å². The molecule has 2 atom stereocenters. The highest BCUT2D eigenvalue weighted by molar-refractivity contribution is 7.88. The van der Waals surface area contributed by atoms with E-state index in [1.54, 1.807) is 25.0 Å². The summed E-state index contributed by atoms with van der Waals surface area (Å²) in [5.41, 5.74) is 1.50. The summed E-state index contributed by atoms with van der Waals surface area (Å²) in [6, 6.07) is 8.67. The Morgan fingerprint density at radius 2 is 2.07 bits per heavy atom. The molecule has 0 spiro atoms. The number of likely N-dealkylation sites (tertiary alicyclic amines) is 1. The molecule has 3 rings (SSSR count). The van der Waals surface area contributed by atoms with Gasteiger partial charge in [0.25, 0.3) is 0 Å². The summed E-state index contributed by atoms with van der Waals surface area (Å²) in [4.78, 5) is 18.8. The standard InChI is InChI=1S/C20H27N3O5S/c1-14(2)28-20(24)23-11-7-10-17(22-29(3,25)26)18(23)12-16-13-27-19(21-16)15-8-5-4-6-9-15/h4-6,8-9,13-14,17-18,22H,7,10-12H2,1-3H3/t17-,18-/m0/s1. The molecule has 2 aromatic rings. The first-order valence-corrected chi connectivity index (χ1v) is 11.6. The molecule has 1 amide bonds. The third-order valence-corrected chi connectivity index (χ3v) is 5.44. The summed E-state index contributed by atoms with van der Waals surface area (Å²) in [5, 5.41) is 0. The molecular formula is C20H27N3O5S. The minimum Gasteiger partial charge on any atom is -0.447 e. The molecule has 29 heavy (non-hydrogen) atoms. The highest BCUT2D eigenvalue weighted by atomic mass is 32.2. The summed E-state index contributed by atoms with van der Waals surface area (Å²) in [6.45, 7) is 4.07. The van der Waals surface area contributed by atoms with Gasteiger partial charge in [-0.3, -0.25) is 0 Å². The zero-order valence-electron chi connectivity index (χ0n) is 16.9. The summed E-state index contributed by atoms with van der Waals surface area (Å²) in [6.07, 6.45) is 3.65. The second kappa shape index (κ2) is 8.96. The summed E-state index contributed by atoms with van der Waals surface area (Å²) in [7, 11) is -3.43. The van der Waals surface area contributed by atoms with Crippen molar-refractivity contribution in [1.82, 2.24) is 14.6 Å². The first-order valence-electron chi connectivity index (χ1n) is 9.67. The average Bonchev–Trinajstić information content (AvgIpc) is 3.10. The molecule has 1 saturated heterocycles. The number of benzene rings is 1. The lowest BCUT2D eigenvalue weighted by Gasteiger charge is -2.40. The Bertz CT molecular complexity index is 927. The lowest BCUT2D eigenvalue weighted by Crippen LogP contribution is -2.58. The van der Waals surface area contributed by atoms with Crippen LogP contribution in [0.2, 0.25) is 0 Å². The van der Waals surface area contributed by atoms with E-state index >= 15 is 0 Å². The Morgan fingerprint density at radius 1 is 1.34 bits per heavy atom. The molecular weight excluding hydrogens is 394 g/mol. The maximum absolute atomic E-state index is 12.6. The second-order valence-corrected chi connectivity index (χ2v) is 9.33. The van der Waals surface area contributed by atoms with Gasteiger partial charge in [-0.2, -0.15) is 0 Å². The average molecular weight is 422 g/mol. The monoisotopic (exact) mass is 421 g/mol. The molecule has 0 aliphatic carbocycles. The number of nitrogens with zero attached hydrogens (tertiary/aromatic N) is 2. The van der Waals surface area contributed by atoms with E-state index in [1.807, 2.05) is 30.3 Å². The van der Waals surface area contributed by atoms with Crippen LogP contribution in [0.25, 0.3) is 11.5 Å². The van der Waals surface area contributed by atoms with E-state index < -0.39 is 28.2 Å². The van der Waals surface area contributed by atoms with E-state index in [0.29, 0.717) is 37.4 Å². The maximum atomic E-state index is 12.6. The molecule has 1 aromatic carbocycles. The summed E-state index contributed by atoms with van der Waals surface area (Å²) < 4.78 is 37.4. The molecule has 1 aromatic heterocycles. The Balaban J connectivity index is 1.84. The van der Waals surface area contributed by atoms with Crippen LogP contribution >= 0.6 is 0 Å². The van der Waals surface area contributed by atoms with Crippen LogP contribution < -0.4 is 4.72 Å². The number of oxazole rings is 1. The number of carbonyl (C=O) groups excluding carboxylic acids is 1. The normalized spacial score (nSPS) is 20.1. The van der Waals surface area contributed by atoms with Gasteiger partial charge in [-0.15, -0.1) is 0 Å². The van der Waals surface area contributed by atoms with Gasteiger partial charge in [0.05, 0.1) is 24.1 Å². The van der Waals surface area contributed by atoms with Crippen LogP contribution in [0.1, 0.15) is 32.4 Å². The van der Waals surface area contributed by atoms with Gasteiger partial charge in [0.15, 0.2) is 0 Å². The first-order chi connectivity index (χ1) is 13.7. The SMILES string of the molecule is CC(C)OC(=O)N1CCC[C@H](NS(C)(=O)=O)[C@@H]1Cc1coc(-c2ccccc2)n1. The third-order valence-electron chi connectivity index (χ3n) is 4.71. The van der Waals surface area contributed by atoms with Crippen LogP contribution in [0.3, 0.4) is 0 Å². The van der Waals surface area contributed by atoms with Crippen LogP contribution in [-0.4, -0.2) is 55.4 Å². The van der Waals surface area contributed by atoms with Crippen LogP contribution in [-0.2, 0) is 21.2 Å². The van der Waals surface area contributed by atoms with E-state index in [0.717, 1.165) is 11.8 Å². The van der Waals surface area contributed by atoms with Gasteiger partial charge in [0, 0.05) is 24.6 Å². The van der Waals surface area contributed by atoms with Gasteiger partial charge in [0.2, 0.25) is 15.9 Å². The minimum absolute atomic E-state index is 0.261. The van der Waals surface area contributed by atoms with Crippen molar-refractivity contribution in [2.75, 3.05) is 12.8 Å². The van der Waals surface area contributed by atoms with E-state index in [4.69, 9.17) is 9.15 Å². The molecule has 0 saturated carbocycles. The van der Waals surface area contributed by atoms with Crippen molar-refractivity contribution in [1.29, 1.82) is 0 Å². The quantitative estimate of drug-likeness (QED) is 0.770. The summed E-state index contributed by atoms with van der Waals surface area (Å²) in [5.74, 6) is 0.486. The molecule has 1 aliphatic heterocycles. The Kier molecular flexibility index (Phi) is 6.59. The van der Waals surface area contributed by atoms with Crippen molar-refractivity contribution in [3.05, 3.63) is 42.3 Å². The molecule has 9 heteroatoms. The lowest BCUT2D eigenvalue weighted by molar-refractivity contribution is 0.0459. The van der Waals surface area contributed by atoms with Crippen LogP contribution in [0, 0.1) is 0 Å². The van der Waals surface area contributed by atoms with Crippen molar-refractivity contribution < 1.29 is 22.4 Å². The van der Waals surface area contributed by atoms with Crippen molar-refractivity contribution in [2.24, 2.45) is 0 Å². The number of carbonyl (C=O) groups is 1. The number of rotatable bonds is 6. The van der Waals surface area contributed by atoms with Crippen LogP contribution in [0.5, 0.6) is 0 Å². The van der Waals surface area contributed by atoms with Crippen LogP contribution in [0.15, 0.2) is 41.0 Å². The predicted octanol–water partition coefficient (Wildman–Crippen LogP) is 2.81. The topological polar surface area (TPSA) is 102 Å². The zero-order chi connectivity index (χ0) is 21.0. The number of nitrogens with one attached hydrogen (secondary N) is 1. The lowest BCUT2D eigenvalue weighted by atomic mass is 9.94. The molecule has 1 aliphatic rings. The fourth-order valence-electron chi connectivity index (χ4n) is 3.55. The molecule has 1 fully saturated rings. The highest BCUT2D eigenvalue weighted by Gasteiger charge is 2.37. The summed E-state index contributed by atoms with van der Waals surface area (Å²) >= 11 is 0. The zero-order valence-corrected chi connectivity index (χ0v) is 17.7. The molecule has 1 N–H and O–H groups in total. The van der Waals surface area contributed by atoms with E-state index in [2.05, 4.69) is 9.71 Å². The molecule has 0 unspecified atom stereocenters. The Hall–Kier alpha value is -2.39. The smallest absolute Gasteiger partial charge is 0.410 e. The van der Waals surface area contributed by atoms with Gasteiger partial charge >= 0.3 is 6.09 Å². The van der Waals surface area contributed by atoms with Gasteiger partial charge in [-0.05, 0) is 38.8 Å². The van der Waals surface area contributed by atoms with E-state index in [1.165, 1.54) is 0 Å². The van der Waals surface area contributed by atoms with Gasteiger partial charge < -0.3 is 14.1 Å².